The van der Waals surface area contributed by atoms with Gasteiger partial charge in [-0.1, -0.05) is 0 Å². The van der Waals surface area contributed by atoms with Crippen molar-refractivity contribution >= 4 is 11.6 Å². The van der Waals surface area contributed by atoms with E-state index in [1.165, 1.54) is 12.1 Å². The summed E-state index contributed by atoms with van der Waals surface area (Å²) in [5.74, 6) is 1.83. The molecule has 1 aromatic rings. The summed E-state index contributed by atoms with van der Waals surface area (Å²) >= 11 is 0. The van der Waals surface area contributed by atoms with Crippen LogP contribution in [0.5, 0.6) is 11.5 Å². The van der Waals surface area contributed by atoms with Crippen molar-refractivity contribution in [1.29, 1.82) is 5.41 Å². The van der Waals surface area contributed by atoms with E-state index in [-0.39, 0.29) is 47.2 Å². The molecule has 3 atom stereocenters. The third-order valence-corrected chi connectivity index (χ3v) is 4.11. The summed E-state index contributed by atoms with van der Waals surface area (Å²) in [7, 11) is 0. The zero-order valence-electron chi connectivity index (χ0n) is 12.0. The SMILES string of the molecule is C#CC1CCC1C(CN)NC(=O)C(=N)c1ccc(O)cc1O. The van der Waals surface area contributed by atoms with Crippen LogP contribution in [0, 0.1) is 29.6 Å². The Bertz CT molecular complexity index is 636. The third-order valence-electron chi connectivity index (χ3n) is 4.11. The lowest BCUT2D eigenvalue weighted by molar-refractivity contribution is -0.116. The molecule has 1 fully saturated rings. The number of phenolic OH excluding ortho intramolecular Hbond substituents is 2. The van der Waals surface area contributed by atoms with Gasteiger partial charge in [0.05, 0.1) is 0 Å². The van der Waals surface area contributed by atoms with Gasteiger partial charge >= 0.3 is 0 Å². The van der Waals surface area contributed by atoms with E-state index in [0.29, 0.717) is 0 Å². The summed E-state index contributed by atoms with van der Waals surface area (Å²) in [6.45, 7) is 0.240. The van der Waals surface area contributed by atoms with E-state index in [0.717, 1.165) is 18.9 Å². The molecule has 0 aliphatic heterocycles. The number of carbonyl (C=O) groups is 1. The lowest BCUT2D eigenvalue weighted by Crippen LogP contribution is -2.52. The van der Waals surface area contributed by atoms with Crippen LogP contribution in [-0.4, -0.2) is 34.4 Å². The monoisotopic (exact) mass is 301 g/mol. The van der Waals surface area contributed by atoms with Gasteiger partial charge < -0.3 is 21.3 Å². The zero-order valence-corrected chi connectivity index (χ0v) is 12.0. The number of nitrogens with two attached hydrogens (primary N) is 1. The van der Waals surface area contributed by atoms with Gasteiger partial charge in [-0.15, -0.1) is 12.3 Å². The molecule has 2 rings (SSSR count). The van der Waals surface area contributed by atoms with Crippen LogP contribution >= 0.6 is 0 Å². The summed E-state index contributed by atoms with van der Waals surface area (Å²) in [4.78, 5) is 12.2. The molecule has 3 unspecified atom stereocenters. The average molecular weight is 301 g/mol. The Morgan fingerprint density at radius 2 is 2.23 bits per heavy atom. The Morgan fingerprint density at radius 1 is 1.50 bits per heavy atom. The first kappa shape index (κ1) is 15.9. The quantitative estimate of drug-likeness (QED) is 0.403. The molecular formula is C16H19N3O3. The largest absolute Gasteiger partial charge is 0.508 e. The number of rotatable bonds is 5. The molecule has 116 valence electrons. The molecule has 1 aromatic carbocycles. The van der Waals surface area contributed by atoms with Gasteiger partial charge in [0.2, 0.25) is 0 Å². The molecular weight excluding hydrogens is 282 g/mol. The van der Waals surface area contributed by atoms with E-state index >= 15 is 0 Å². The van der Waals surface area contributed by atoms with E-state index in [9.17, 15) is 15.0 Å². The second kappa shape index (κ2) is 6.50. The number of aromatic hydroxyl groups is 2. The van der Waals surface area contributed by atoms with Crippen molar-refractivity contribution in [2.75, 3.05) is 6.54 Å². The molecule has 0 saturated heterocycles. The minimum absolute atomic E-state index is 0.0492. The first-order chi connectivity index (χ1) is 10.5. The fraction of sp³-hybridized carbons (Fsp3) is 0.375. The van der Waals surface area contributed by atoms with Crippen molar-refractivity contribution in [1.82, 2.24) is 5.32 Å². The van der Waals surface area contributed by atoms with Gasteiger partial charge in [-0.2, -0.15) is 0 Å². The maximum Gasteiger partial charge on any atom is 0.270 e. The number of benzene rings is 1. The number of amides is 1. The van der Waals surface area contributed by atoms with Gasteiger partial charge in [-0.25, -0.2) is 0 Å². The smallest absolute Gasteiger partial charge is 0.270 e. The summed E-state index contributed by atoms with van der Waals surface area (Å²) in [6.07, 6.45) is 7.25. The van der Waals surface area contributed by atoms with Gasteiger partial charge in [0.15, 0.2) is 0 Å². The number of terminal acetylenes is 1. The predicted octanol–water partition coefficient (Wildman–Crippen LogP) is 0.569. The maximum absolute atomic E-state index is 12.2. The molecule has 6 nitrogen and oxygen atoms in total. The number of phenols is 2. The van der Waals surface area contributed by atoms with E-state index < -0.39 is 5.91 Å². The Balaban J connectivity index is 2.07. The van der Waals surface area contributed by atoms with E-state index in [4.69, 9.17) is 17.6 Å². The van der Waals surface area contributed by atoms with Gasteiger partial charge in [0.1, 0.15) is 17.2 Å². The van der Waals surface area contributed by atoms with Gasteiger partial charge in [0.25, 0.3) is 5.91 Å². The van der Waals surface area contributed by atoms with Crippen LogP contribution in [0.1, 0.15) is 18.4 Å². The molecule has 22 heavy (non-hydrogen) atoms. The fourth-order valence-corrected chi connectivity index (χ4v) is 2.65. The van der Waals surface area contributed by atoms with Crippen molar-refractivity contribution in [3.63, 3.8) is 0 Å². The molecule has 0 aromatic heterocycles. The van der Waals surface area contributed by atoms with E-state index in [1.807, 2.05) is 0 Å². The van der Waals surface area contributed by atoms with Crippen molar-refractivity contribution in [2.45, 2.75) is 18.9 Å². The average Bonchev–Trinajstić information content (AvgIpc) is 2.45. The van der Waals surface area contributed by atoms with Crippen molar-refractivity contribution in [3.05, 3.63) is 23.8 Å². The Kier molecular flexibility index (Phi) is 4.68. The van der Waals surface area contributed by atoms with Gasteiger partial charge in [-0.3, -0.25) is 10.2 Å². The second-order valence-electron chi connectivity index (χ2n) is 5.41. The van der Waals surface area contributed by atoms with Crippen LogP contribution in [0.3, 0.4) is 0 Å². The van der Waals surface area contributed by atoms with Gasteiger partial charge in [-0.05, 0) is 30.9 Å². The Labute approximate surface area is 128 Å². The molecule has 1 amide bonds. The predicted molar refractivity (Wildman–Crippen MR) is 82.6 cm³/mol. The van der Waals surface area contributed by atoms with Crippen LogP contribution in [0.4, 0.5) is 0 Å². The number of nitrogens with one attached hydrogen (secondary N) is 2. The number of carbonyl (C=O) groups excluding carboxylic acids is 1. The van der Waals surface area contributed by atoms with Gasteiger partial charge in [0, 0.05) is 30.1 Å². The summed E-state index contributed by atoms with van der Waals surface area (Å²) in [5, 5.41) is 29.6. The Hall–Kier alpha value is -2.52. The highest BCUT2D eigenvalue weighted by atomic mass is 16.3. The minimum atomic E-state index is -0.626. The summed E-state index contributed by atoms with van der Waals surface area (Å²) < 4.78 is 0. The molecule has 1 saturated carbocycles. The first-order valence-corrected chi connectivity index (χ1v) is 7.06. The highest BCUT2D eigenvalue weighted by molar-refractivity contribution is 6.44. The van der Waals surface area contributed by atoms with Crippen LogP contribution in [0.15, 0.2) is 18.2 Å². The maximum atomic E-state index is 12.2. The molecule has 1 aliphatic carbocycles. The lowest BCUT2D eigenvalue weighted by Gasteiger charge is -2.38. The second-order valence-corrected chi connectivity index (χ2v) is 5.41. The molecule has 6 N–H and O–H groups in total. The zero-order chi connectivity index (χ0) is 16.3. The molecule has 0 radical (unpaired) electrons. The van der Waals surface area contributed by atoms with Crippen molar-refractivity contribution in [3.8, 4) is 23.8 Å². The van der Waals surface area contributed by atoms with E-state index in [1.54, 1.807) is 0 Å². The Morgan fingerprint density at radius 3 is 2.73 bits per heavy atom. The highest BCUT2D eigenvalue weighted by Gasteiger charge is 2.36. The summed E-state index contributed by atoms with van der Waals surface area (Å²) in [5.41, 5.74) is 5.37. The lowest BCUT2D eigenvalue weighted by atomic mass is 9.70. The minimum Gasteiger partial charge on any atom is -0.508 e. The van der Waals surface area contributed by atoms with Crippen LogP contribution in [0.2, 0.25) is 0 Å². The number of hydrogen-bond acceptors (Lipinski definition) is 5. The highest BCUT2D eigenvalue weighted by Crippen LogP contribution is 2.36. The first-order valence-electron chi connectivity index (χ1n) is 7.06. The molecule has 6 heteroatoms. The summed E-state index contributed by atoms with van der Waals surface area (Å²) in [6, 6.07) is 3.41. The molecule has 0 bridgehead atoms. The van der Waals surface area contributed by atoms with Crippen LogP contribution < -0.4 is 11.1 Å². The topological polar surface area (TPSA) is 119 Å². The van der Waals surface area contributed by atoms with E-state index in [2.05, 4.69) is 11.2 Å². The standard InChI is InChI=1S/C16H19N3O3/c1-2-9-3-5-11(9)13(8-17)19-16(22)15(18)12-6-4-10(20)7-14(12)21/h1,4,6-7,9,11,13,18,20-21H,3,5,8,17H2,(H,19,22). The normalized spacial score (nSPS) is 21.3. The molecule has 0 spiro atoms. The van der Waals surface area contributed by atoms with Crippen molar-refractivity contribution < 1.29 is 15.0 Å². The third kappa shape index (κ3) is 3.05. The van der Waals surface area contributed by atoms with Crippen LogP contribution in [-0.2, 0) is 4.79 Å². The van der Waals surface area contributed by atoms with Crippen molar-refractivity contribution in [2.24, 2.45) is 17.6 Å². The molecule has 1 aliphatic rings. The fourth-order valence-electron chi connectivity index (χ4n) is 2.65. The van der Waals surface area contributed by atoms with Crippen LogP contribution in [0.25, 0.3) is 0 Å². The number of hydrogen-bond donors (Lipinski definition) is 5. The molecule has 0 heterocycles.